The van der Waals surface area contributed by atoms with Crippen molar-refractivity contribution in [2.24, 2.45) is 0 Å². The summed E-state index contributed by atoms with van der Waals surface area (Å²) in [7, 11) is 1.55. The minimum Gasteiger partial charge on any atom is -0.508 e. The molecule has 0 spiro atoms. The van der Waals surface area contributed by atoms with Crippen LogP contribution in [-0.4, -0.2) is 47.3 Å². The molecule has 2 aromatic rings. The largest absolute Gasteiger partial charge is 0.508 e. The van der Waals surface area contributed by atoms with Crippen LogP contribution in [0.25, 0.3) is 6.08 Å². The second-order valence-corrected chi connectivity index (χ2v) is 7.30. The summed E-state index contributed by atoms with van der Waals surface area (Å²) in [5.41, 5.74) is 1.68. The number of hydrogen-bond acceptors (Lipinski definition) is 6. The number of carbonyl (C=O) groups excluding carboxylic acids is 3. The molecule has 1 saturated heterocycles. The summed E-state index contributed by atoms with van der Waals surface area (Å²) in [6.45, 7) is 0.0369. The van der Waals surface area contributed by atoms with Crippen LogP contribution in [0.2, 0.25) is 0 Å². The predicted octanol–water partition coefficient (Wildman–Crippen LogP) is 2.80. The number of hydrogen-bond donors (Lipinski definition) is 2. The first-order valence-corrected chi connectivity index (χ1v) is 9.72. The molecule has 29 heavy (non-hydrogen) atoms. The van der Waals surface area contributed by atoms with E-state index in [1.807, 2.05) is 0 Å². The van der Waals surface area contributed by atoms with Crippen LogP contribution in [0.3, 0.4) is 0 Å². The van der Waals surface area contributed by atoms with Crippen molar-refractivity contribution in [1.82, 2.24) is 10.2 Å². The summed E-state index contributed by atoms with van der Waals surface area (Å²) in [4.78, 5) is 38.0. The van der Waals surface area contributed by atoms with Gasteiger partial charge in [0, 0.05) is 6.54 Å². The molecule has 1 fully saturated rings. The molecule has 3 rings (SSSR count). The zero-order chi connectivity index (χ0) is 20.8. The highest BCUT2D eigenvalue weighted by Crippen LogP contribution is 2.32. The number of imide groups is 1. The van der Waals surface area contributed by atoms with E-state index in [2.05, 4.69) is 5.32 Å². The quantitative estimate of drug-likeness (QED) is 0.679. The van der Waals surface area contributed by atoms with Crippen molar-refractivity contribution in [2.75, 3.05) is 20.2 Å². The number of phenols is 1. The van der Waals surface area contributed by atoms with Crippen LogP contribution in [0.4, 0.5) is 4.79 Å². The zero-order valence-electron chi connectivity index (χ0n) is 15.8. The lowest BCUT2D eigenvalue weighted by atomic mass is 10.1. The van der Waals surface area contributed by atoms with Gasteiger partial charge >= 0.3 is 0 Å². The molecule has 150 valence electrons. The molecule has 8 heteroatoms. The van der Waals surface area contributed by atoms with Crippen LogP contribution < -0.4 is 10.1 Å². The van der Waals surface area contributed by atoms with Crippen molar-refractivity contribution in [3.63, 3.8) is 0 Å². The molecule has 7 nitrogen and oxygen atoms in total. The van der Waals surface area contributed by atoms with Crippen LogP contribution in [0.5, 0.6) is 11.5 Å². The van der Waals surface area contributed by atoms with Gasteiger partial charge in [-0.25, -0.2) is 0 Å². The summed E-state index contributed by atoms with van der Waals surface area (Å²) >= 11 is 0.808. The number of methoxy groups -OCH3 is 1. The van der Waals surface area contributed by atoms with Gasteiger partial charge in [0.15, 0.2) is 0 Å². The molecule has 1 aliphatic heterocycles. The van der Waals surface area contributed by atoms with Crippen LogP contribution in [0, 0.1) is 0 Å². The van der Waals surface area contributed by atoms with E-state index in [0.29, 0.717) is 18.7 Å². The van der Waals surface area contributed by atoms with Gasteiger partial charge in [0.25, 0.3) is 11.1 Å². The number of nitrogens with zero attached hydrogens (tertiary/aromatic N) is 1. The number of ether oxygens (including phenoxy) is 1. The first-order chi connectivity index (χ1) is 14.0. The minimum absolute atomic E-state index is 0.180. The summed E-state index contributed by atoms with van der Waals surface area (Å²) < 4.78 is 5.15. The second kappa shape index (κ2) is 9.29. The van der Waals surface area contributed by atoms with Crippen molar-refractivity contribution in [2.45, 2.75) is 6.42 Å². The van der Waals surface area contributed by atoms with E-state index in [-0.39, 0.29) is 17.2 Å². The van der Waals surface area contributed by atoms with Crippen molar-refractivity contribution in [1.29, 1.82) is 0 Å². The van der Waals surface area contributed by atoms with Gasteiger partial charge in [-0.2, -0.15) is 0 Å². The highest BCUT2D eigenvalue weighted by molar-refractivity contribution is 8.18. The summed E-state index contributed by atoms with van der Waals surface area (Å²) in [6.07, 6.45) is 2.18. The number of aromatic hydroxyl groups is 1. The molecule has 1 aliphatic rings. The lowest BCUT2D eigenvalue weighted by Gasteiger charge is -2.12. The average Bonchev–Trinajstić information content (AvgIpc) is 2.97. The van der Waals surface area contributed by atoms with E-state index in [1.165, 1.54) is 0 Å². The molecule has 0 aromatic heterocycles. The van der Waals surface area contributed by atoms with Gasteiger partial charge in [-0.15, -0.1) is 0 Å². The average molecular weight is 412 g/mol. The fraction of sp³-hybridized carbons (Fsp3) is 0.190. The van der Waals surface area contributed by atoms with Crippen LogP contribution in [-0.2, 0) is 16.0 Å². The van der Waals surface area contributed by atoms with Crippen molar-refractivity contribution >= 4 is 34.9 Å². The maximum absolute atomic E-state index is 12.5. The van der Waals surface area contributed by atoms with E-state index in [0.717, 1.165) is 27.8 Å². The molecule has 0 bridgehead atoms. The zero-order valence-corrected chi connectivity index (χ0v) is 16.6. The Hall–Kier alpha value is -3.26. The number of phenolic OH excluding ortho intramolecular Hbond substituents is 1. The number of benzene rings is 2. The highest BCUT2D eigenvalue weighted by atomic mass is 32.2. The number of thioether (sulfide) groups is 1. The molecule has 0 unspecified atom stereocenters. The van der Waals surface area contributed by atoms with E-state index in [1.54, 1.807) is 61.7 Å². The number of rotatable bonds is 7. The van der Waals surface area contributed by atoms with E-state index in [4.69, 9.17) is 4.74 Å². The van der Waals surface area contributed by atoms with Crippen molar-refractivity contribution in [3.8, 4) is 11.5 Å². The summed E-state index contributed by atoms with van der Waals surface area (Å²) in [5, 5.41) is 11.5. The third-order valence-corrected chi connectivity index (χ3v) is 5.15. The molecule has 0 atom stereocenters. The lowest BCUT2D eigenvalue weighted by Crippen LogP contribution is -2.40. The Balaban J connectivity index is 1.55. The second-order valence-electron chi connectivity index (χ2n) is 6.31. The normalized spacial score (nSPS) is 15.1. The maximum atomic E-state index is 12.5. The van der Waals surface area contributed by atoms with Crippen molar-refractivity contribution in [3.05, 3.63) is 64.6 Å². The van der Waals surface area contributed by atoms with Crippen LogP contribution in [0.15, 0.2) is 53.4 Å². The Bertz CT molecular complexity index is 956. The van der Waals surface area contributed by atoms with Gasteiger partial charge in [-0.3, -0.25) is 19.3 Å². The first kappa shape index (κ1) is 20.5. The van der Waals surface area contributed by atoms with Gasteiger partial charge < -0.3 is 15.2 Å². The molecular formula is C21H20N2O5S. The molecule has 0 radical (unpaired) electrons. The smallest absolute Gasteiger partial charge is 0.294 e. The lowest BCUT2D eigenvalue weighted by molar-refractivity contribution is -0.129. The molecule has 0 saturated carbocycles. The third kappa shape index (κ3) is 5.39. The molecule has 1 heterocycles. The standard InChI is InChI=1S/C21H20N2O5S/c1-28-17-4-2-3-15(11-17)12-18-20(26)23(21(27)29-18)13-19(25)22-10-9-14-5-7-16(24)8-6-14/h2-8,11-12,24H,9-10,13H2,1H3,(H,22,25). The molecule has 0 aliphatic carbocycles. The van der Waals surface area contributed by atoms with Crippen molar-refractivity contribution < 1.29 is 24.2 Å². The Morgan fingerprint density at radius 3 is 2.69 bits per heavy atom. The molecular weight excluding hydrogens is 392 g/mol. The number of nitrogens with one attached hydrogen (secondary N) is 1. The Kier molecular flexibility index (Phi) is 6.56. The molecule has 2 aromatic carbocycles. The molecule has 3 amide bonds. The van der Waals surface area contributed by atoms with Gasteiger partial charge in [0.05, 0.1) is 12.0 Å². The Morgan fingerprint density at radius 1 is 1.21 bits per heavy atom. The summed E-state index contributed by atoms with van der Waals surface area (Å²) in [5.74, 6) is -0.0738. The third-order valence-electron chi connectivity index (χ3n) is 4.24. The minimum atomic E-state index is -0.489. The van der Waals surface area contributed by atoms with E-state index in [9.17, 15) is 19.5 Å². The topological polar surface area (TPSA) is 95.9 Å². The van der Waals surface area contributed by atoms with E-state index >= 15 is 0 Å². The van der Waals surface area contributed by atoms with Gasteiger partial charge in [-0.05, 0) is 59.7 Å². The summed E-state index contributed by atoms with van der Waals surface area (Å²) in [6, 6.07) is 13.8. The fourth-order valence-electron chi connectivity index (χ4n) is 2.73. The Morgan fingerprint density at radius 2 is 1.97 bits per heavy atom. The maximum Gasteiger partial charge on any atom is 0.294 e. The number of amides is 3. The van der Waals surface area contributed by atoms with Crippen LogP contribution in [0.1, 0.15) is 11.1 Å². The predicted molar refractivity (Wildman–Crippen MR) is 110 cm³/mol. The highest BCUT2D eigenvalue weighted by Gasteiger charge is 2.36. The monoisotopic (exact) mass is 412 g/mol. The van der Waals surface area contributed by atoms with Gasteiger partial charge in [0.1, 0.15) is 18.0 Å². The first-order valence-electron chi connectivity index (χ1n) is 8.90. The van der Waals surface area contributed by atoms with Gasteiger partial charge in [-0.1, -0.05) is 24.3 Å². The Labute approximate surface area is 172 Å². The SMILES string of the molecule is COc1cccc(C=C2SC(=O)N(CC(=O)NCCc3ccc(O)cc3)C2=O)c1. The molecule has 2 N–H and O–H groups in total. The van der Waals surface area contributed by atoms with Crippen LogP contribution >= 0.6 is 11.8 Å². The fourth-order valence-corrected chi connectivity index (χ4v) is 3.57. The number of carbonyl (C=O) groups is 3. The van der Waals surface area contributed by atoms with E-state index < -0.39 is 17.1 Å². The van der Waals surface area contributed by atoms with Gasteiger partial charge in [0.2, 0.25) is 5.91 Å².